The third-order valence-electron chi connectivity index (χ3n) is 1.90. The van der Waals surface area contributed by atoms with Crippen molar-refractivity contribution in [1.82, 2.24) is 0 Å². The number of rotatable bonds is 2. The first-order valence-corrected chi connectivity index (χ1v) is 6.30. The van der Waals surface area contributed by atoms with Gasteiger partial charge in [0.1, 0.15) is 6.61 Å². The summed E-state index contributed by atoms with van der Waals surface area (Å²) in [4.78, 5) is 10.7. The fraction of sp³-hybridized carbons (Fsp3) is 0.300. The lowest BCUT2D eigenvalue weighted by atomic mass is 10.1. The normalized spacial score (nSPS) is 11.4. The molecular formula is C10H7Cl5O2. The van der Waals surface area contributed by atoms with Crippen LogP contribution in [-0.4, -0.2) is 5.97 Å². The number of carbonyl (C=O) groups is 1. The van der Waals surface area contributed by atoms with Crippen LogP contribution in [0.25, 0.3) is 0 Å². The molecule has 7 heteroatoms. The average Bonchev–Trinajstić information content (AvgIpc) is 2.17. The summed E-state index contributed by atoms with van der Waals surface area (Å²) in [6.45, 7) is 1.25. The minimum absolute atomic E-state index is 0.0323. The van der Waals surface area contributed by atoms with E-state index in [0.717, 1.165) is 0 Å². The highest BCUT2D eigenvalue weighted by Gasteiger charge is 2.30. The van der Waals surface area contributed by atoms with E-state index in [-0.39, 0.29) is 22.2 Å². The molecule has 0 aliphatic rings. The van der Waals surface area contributed by atoms with E-state index in [1.54, 1.807) is 12.1 Å². The van der Waals surface area contributed by atoms with Crippen LogP contribution in [0.5, 0.6) is 0 Å². The van der Waals surface area contributed by atoms with Gasteiger partial charge in [-0.1, -0.05) is 64.1 Å². The molecule has 0 amide bonds. The Hall–Kier alpha value is 0.140. The van der Waals surface area contributed by atoms with Gasteiger partial charge in [-0.15, -0.1) is 0 Å². The van der Waals surface area contributed by atoms with Gasteiger partial charge in [-0.2, -0.15) is 0 Å². The van der Waals surface area contributed by atoms with Crippen molar-refractivity contribution in [3.63, 3.8) is 0 Å². The Morgan fingerprint density at radius 2 is 1.88 bits per heavy atom. The number of halogens is 5. The minimum atomic E-state index is -1.74. The summed E-state index contributed by atoms with van der Waals surface area (Å²) < 4.78 is 3.10. The van der Waals surface area contributed by atoms with E-state index in [1.165, 1.54) is 6.92 Å². The van der Waals surface area contributed by atoms with Crippen molar-refractivity contribution >= 4 is 64.0 Å². The third-order valence-corrected chi connectivity index (χ3v) is 3.27. The van der Waals surface area contributed by atoms with Crippen LogP contribution in [0.1, 0.15) is 18.1 Å². The maximum atomic E-state index is 10.7. The molecule has 1 aromatic rings. The van der Waals surface area contributed by atoms with E-state index in [1.807, 2.05) is 0 Å². The Kier molecular flexibility index (Phi) is 5.23. The highest BCUT2D eigenvalue weighted by Crippen LogP contribution is 2.45. The number of benzene rings is 1. The van der Waals surface area contributed by atoms with Crippen LogP contribution in [0.2, 0.25) is 10.0 Å². The Morgan fingerprint density at radius 3 is 2.35 bits per heavy atom. The van der Waals surface area contributed by atoms with Crippen LogP contribution in [-0.2, 0) is 19.9 Å². The zero-order chi connectivity index (χ0) is 13.2. The maximum absolute atomic E-state index is 10.7. The van der Waals surface area contributed by atoms with Crippen molar-refractivity contribution in [1.29, 1.82) is 0 Å². The largest absolute Gasteiger partial charge is 0.461 e. The van der Waals surface area contributed by atoms with Crippen LogP contribution < -0.4 is 0 Å². The summed E-state index contributed by atoms with van der Waals surface area (Å²) in [7, 11) is 0. The first-order chi connectivity index (χ1) is 7.73. The van der Waals surface area contributed by atoms with E-state index < -0.39 is 9.76 Å². The molecule has 0 aliphatic heterocycles. The van der Waals surface area contributed by atoms with Crippen LogP contribution in [0, 0.1) is 0 Å². The number of alkyl halides is 3. The fourth-order valence-corrected chi connectivity index (χ4v) is 2.47. The standard InChI is InChI=1S/C10H7Cl5O2/c1-5(16)17-4-6-2-3-7(11)9(12)8(6)10(13,14)15/h2-3H,4H2,1H3. The quantitative estimate of drug-likeness (QED) is 0.568. The zero-order valence-electron chi connectivity index (χ0n) is 8.57. The first-order valence-electron chi connectivity index (χ1n) is 4.41. The van der Waals surface area contributed by atoms with Gasteiger partial charge < -0.3 is 4.74 Å². The van der Waals surface area contributed by atoms with E-state index in [9.17, 15) is 4.79 Å². The average molecular weight is 336 g/mol. The van der Waals surface area contributed by atoms with Crippen molar-refractivity contribution in [2.75, 3.05) is 0 Å². The van der Waals surface area contributed by atoms with Crippen LogP contribution in [0.4, 0.5) is 0 Å². The molecule has 0 N–H and O–H groups in total. The molecule has 0 aromatic heterocycles. The summed E-state index contributed by atoms with van der Waals surface area (Å²) in [5.74, 6) is -0.439. The van der Waals surface area contributed by atoms with Gasteiger partial charge in [-0.25, -0.2) is 0 Å². The molecule has 0 saturated carbocycles. The van der Waals surface area contributed by atoms with E-state index in [4.69, 9.17) is 62.7 Å². The highest BCUT2D eigenvalue weighted by molar-refractivity contribution is 6.67. The molecule has 1 aromatic carbocycles. The Bertz CT molecular complexity index is 439. The van der Waals surface area contributed by atoms with Crippen molar-refractivity contribution in [2.45, 2.75) is 17.3 Å². The molecule has 0 radical (unpaired) electrons. The van der Waals surface area contributed by atoms with Gasteiger partial charge >= 0.3 is 5.97 Å². The van der Waals surface area contributed by atoms with Crippen molar-refractivity contribution in [2.24, 2.45) is 0 Å². The van der Waals surface area contributed by atoms with Gasteiger partial charge in [0.2, 0.25) is 3.79 Å². The summed E-state index contributed by atoms with van der Waals surface area (Å²) in [5, 5.41) is 0.399. The van der Waals surface area contributed by atoms with Crippen LogP contribution >= 0.6 is 58.0 Å². The molecule has 0 saturated heterocycles. The molecule has 0 unspecified atom stereocenters. The van der Waals surface area contributed by atoms with Crippen molar-refractivity contribution in [3.8, 4) is 0 Å². The highest BCUT2D eigenvalue weighted by atomic mass is 35.6. The topological polar surface area (TPSA) is 26.3 Å². The van der Waals surface area contributed by atoms with Gasteiger partial charge in [-0.05, 0) is 11.6 Å². The molecule has 0 aliphatic carbocycles. The predicted octanol–water partition coefficient (Wildman–Crippen LogP) is 4.88. The number of hydrogen-bond donors (Lipinski definition) is 0. The summed E-state index contributed by atoms with van der Waals surface area (Å²) in [6.07, 6.45) is 0. The second-order valence-corrected chi connectivity index (χ2v) is 6.24. The van der Waals surface area contributed by atoms with Crippen LogP contribution in [0.3, 0.4) is 0 Å². The lowest BCUT2D eigenvalue weighted by Crippen LogP contribution is -2.09. The Labute approximate surface area is 124 Å². The fourth-order valence-electron chi connectivity index (χ4n) is 1.20. The Morgan fingerprint density at radius 1 is 1.29 bits per heavy atom. The smallest absolute Gasteiger partial charge is 0.302 e. The van der Waals surface area contributed by atoms with E-state index >= 15 is 0 Å². The molecule has 94 valence electrons. The van der Waals surface area contributed by atoms with Gasteiger partial charge in [-0.3, -0.25) is 4.79 Å². The molecule has 2 nitrogen and oxygen atoms in total. The van der Waals surface area contributed by atoms with E-state index in [2.05, 4.69) is 0 Å². The molecule has 0 spiro atoms. The molecule has 0 heterocycles. The number of esters is 1. The molecule has 17 heavy (non-hydrogen) atoms. The van der Waals surface area contributed by atoms with Gasteiger partial charge in [0.05, 0.1) is 10.0 Å². The summed E-state index contributed by atoms with van der Waals surface area (Å²) in [6, 6.07) is 3.14. The monoisotopic (exact) mass is 334 g/mol. The molecule has 0 fully saturated rings. The predicted molar refractivity (Wildman–Crippen MR) is 71.2 cm³/mol. The number of carbonyl (C=O) groups excluding carboxylic acids is 1. The second-order valence-electron chi connectivity index (χ2n) is 3.17. The lowest BCUT2D eigenvalue weighted by Gasteiger charge is -2.18. The first kappa shape index (κ1) is 15.2. The van der Waals surface area contributed by atoms with Crippen LogP contribution in [0.15, 0.2) is 12.1 Å². The van der Waals surface area contributed by atoms with E-state index in [0.29, 0.717) is 5.56 Å². The summed E-state index contributed by atoms with van der Waals surface area (Å²) in [5.41, 5.74) is 0.715. The lowest BCUT2D eigenvalue weighted by molar-refractivity contribution is -0.142. The SMILES string of the molecule is CC(=O)OCc1ccc(Cl)c(Cl)c1C(Cl)(Cl)Cl. The molecule has 0 atom stereocenters. The number of hydrogen-bond acceptors (Lipinski definition) is 2. The van der Waals surface area contributed by atoms with Crippen molar-refractivity contribution < 1.29 is 9.53 Å². The summed E-state index contributed by atoms with van der Waals surface area (Å²) >= 11 is 29.2. The number of ether oxygens (including phenoxy) is 1. The minimum Gasteiger partial charge on any atom is -0.461 e. The van der Waals surface area contributed by atoms with Gasteiger partial charge in [0.15, 0.2) is 0 Å². The third kappa shape index (κ3) is 4.08. The van der Waals surface area contributed by atoms with Gasteiger partial charge in [0.25, 0.3) is 0 Å². The molecule has 0 bridgehead atoms. The van der Waals surface area contributed by atoms with Crippen molar-refractivity contribution in [3.05, 3.63) is 33.3 Å². The van der Waals surface area contributed by atoms with Gasteiger partial charge in [0, 0.05) is 12.5 Å². The Balaban J connectivity index is 3.21. The molecule has 1 rings (SSSR count). The maximum Gasteiger partial charge on any atom is 0.302 e. The zero-order valence-corrected chi connectivity index (χ0v) is 12.3. The molecular weight excluding hydrogens is 329 g/mol. The second kappa shape index (κ2) is 5.85.